The molecule has 108 valence electrons. The normalized spacial score (nSPS) is 16.4. The zero-order valence-corrected chi connectivity index (χ0v) is 11.3. The summed E-state index contributed by atoms with van der Waals surface area (Å²) in [5.41, 5.74) is 0.685. The van der Waals surface area contributed by atoms with Crippen molar-refractivity contribution in [1.29, 1.82) is 0 Å². The van der Waals surface area contributed by atoms with E-state index in [2.05, 4.69) is 15.5 Å². The second-order valence-corrected chi connectivity index (χ2v) is 4.81. The minimum absolute atomic E-state index is 0.116. The fourth-order valence-electron chi connectivity index (χ4n) is 2.19. The highest BCUT2D eigenvalue weighted by molar-refractivity contribution is 5.94. The molecule has 0 aromatic heterocycles. The van der Waals surface area contributed by atoms with Crippen molar-refractivity contribution in [2.24, 2.45) is 0 Å². The number of carbonyl (C=O) groups is 2. The Kier molecular flexibility index (Phi) is 5.09. The predicted molar refractivity (Wildman–Crippen MR) is 76.0 cm³/mol. The number of anilines is 1. The summed E-state index contributed by atoms with van der Waals surface area (Å²) in [4.78, 5) is 24.9. The molecule has 20 heavy (non-hydrogen) atoms. The highest BCUT2D eigenvalue weighted by atomic mass is 16.4. The Hall–Kier alpha value is -1.92. The number of hydrogen-bond donors (Lipinski definition) is 3. The monoisotopic (exact) mass is 277 g/mol. The van der Waals surface area contributed by atoms with E-state index in [0.717, 1.165) is 32.6 Å². The molecule has 1 aliphatic heterocycles. The molecule has 1 aromatic carbocycles. The molecule has 1 aliphatic rings. The number of benzene rings is 1. The highest BCUT2D eigenvalue weighted by Crippen LogP contribution is 2.10. The van der Waals surface area contributed by atoms with Crippen LogP contribution in [0, 0.1) is 0 Å². The van der Waals surface area contributed by atoms with Gasteiger partial charge in [0.2, 0.25) is 5.91 Å². The second-order valence-electron chi connectivity index (χ2n) is 4.81. The molecular formula is C14H19N3O3. The Morgan fingerprint density at radius 2 is 2.15 bits per heavy atom. The summed E-state index contributed by atoms with van der Waals surface area (Å²) < 4.78 is 0. The molecule has 1 saturated heterocycles. The first kappa shape index (κ1) is 14.5. The first-order valence-electron chi connectivity index (χ1n) is 6.71. The Morgan fingerprint density at radius 3 is 2.95 bits per heavy atom. The maximum absolute atomic E-state index is 12.0. The van der Waals surface area contributed by atoms with Gasteiger partial charge >= 0.3 is 5.97 Å². The molecule has 0 atom stereocenters. The lowest BCUT2D eigenvalue weighted by atomic mass is 10.2. The van der Waals surface area contributed by atoms with Crippen molar-refractivity contribution in [1.82, 2.24) is 10.2 Å². The van der Waals surface area contributed by atoms with Crippen molar-refractivity contribution in [3.8, 4) is 0 Å². The summed E-state index contributed by atoms with van der Waals surface area (Å²) in [7, 11) is 0. The quantitative estimate of drug-likeness (QED) is 0.751. The number of amides is 1. The topological polar surface area (TPSA) is 81.7 Å². The number of carbonyl (C=O) groups excluding carboxylic acids is 1. The Morgan fingerprint density at radius 1 is 1.30 bits per heavy atom. The predicted octanol–water partition coefficient (Wildman–Crippen LogP) is 0.619. The number of nitrogens with zero attached hydrogens (tertiary/aromatic N) is 1. The summed E-state index contributed by atoms with van der Waals surface area (Å²) in [5, 5.41) is 14.9. The van der Waals surface area contributed by atoms with Gasteiger partial charge in [-0.1, -0.05) is 6.07 Å². The van der Waals surface area contributed by atoms with Crippen LogP contribution in [0.1, 0.15) is 16.8 Å². The fraction of sp³-hybridized carbons (Fsp3) is 0.429. The molecule has 2 rings (SSSR count). The Balaban J connectivity index is 1.90. The molecule has 1 amide bonds. The average Bonchev–Trinajstić information content (AvgIpc) is 2.67. The van der Waals surface area contributed by atoms with Crippen LogP contribution in [0.5, 0.6) is 0 Å². The molecule has 0 radical (unpaired) electrons. The number of hydrogen-bond acceptors (Lipinski definition) is 4. The van der Waals surface area contributed by atoms with Crippen LogP contribution in [0.15, 0.2) is 24.3 Å². The van der Waals surface area contributed by atoms with Crippen molar-refractivity contribution in [3.05, 3.63) is 29.8 Å². The number of aromatic carboxylic acids is 1. The van der Waals surface area contributed by atoms with Crippen LogP contribution in [0.2, 0.25) is 0 Å². The van der Waals surface area contributed by atoms with Gasteiger partial charge in [0, 0.05) is 18.8 Å². The lowest BCUT2D eigenvalue weighted by Gasteiger charge is -2.18. The van der Waals surface area contributed by atoms with E-state index in [1.165, 1.54) is 12.1 Å². The van der Waals surface area contributed by atoms with Crippen LogP contribution in [0.25, 0.3) is 0 Å². The van der Waals surface area contributed by atoms with Gasteiger partial charge in [0.25, 0.3) is 0 Å². The zero-order chi connectivity index (χ0) is 14.4. The number of rotatable bonds is 4. The summed E-state index contributed by atoms with van der Waals surface area (Å²) in [6.45, 7) is 3.96. The largest absolute Gasteiger partial charge is 0.478 e. The molecule has 6 nitrogen and oxygen atoms in total. The van der Waals surface area contributed by atoms with Gasteiger partial charge in [-0.05, 0) is 37.7 Å². The molecule has 1 fully saturated rings. The molecule has 6 heteroatoms. The fourth-order valence-corrected chi connectivity index (χ4v) is 2.19. The molecule has 0 bridgehead atoms. The van der Waals surface area contributed by atoms with E-state index in [9.17, 15) is 9.59 Å². The molecule has 1 aromatic rings. The van der Waals surface area contributed by atoms with Crippen molar-refractivity contribution < 1.29 is 14.7 Å². The maximum atomic E-state index is 12.0. The Labute approximate surface area is 117 Å². The third kappa shape index (κ3) is 4.32. The number of carboxylic acids is 1. The van der Waals surface area contributed by atoms with Crippen LogP contribution in [-0.2, 0) is 4.79 Å². The van der Waals surface area contributed by atoms with Gasteiger partial charge in [-0.2, -0.15) is 0 Å². The van der Waals surface area contributed by atoms with E-state index in [0.29, 0.717) is 12.2 Å². The van der Waals surface area contributed by atoms with Gasteiger partial charge in [0.15, 0.2) is 0 Å². The lowest BCUT2D eigenvalue weighted by Crippen LogP contribution is -2.35. The first-order valence-corrected chi connectivity index (χ1v) is 6.71. The van der Waals surface area contributed by atoms with Crippen molar-refractivity contribution in [3.63, 3.8) is 0 Å². The molecular weight excluding hydrogens is 258 g/mol. The van der Waals surface area contributed by atoms with Crippen molar-refractivity contribution in [2.75, 3.05) is 38.0 Å². The minimum Gasteiger partial charge on any atom is -0.478 e. The highest BCUT2D eigenvalue weighted by Gasteiger charge is 2.13. The van der Waals surface area contributed by atoms with Gasteiger partial charge < -0.3 is 15.7 Å². The van der Waals surface area contributed by atoms with E-state index >= 15 is 0 Å². The first-order chi connectivity index (χ1) is 9.65. The number of carboxylic acid groups (broad SMARTS) is 1. The molecule has 0 saturated carbocycles. The van der Waals surface area contributed by atoms with Gasteiger partial charge in [-0.3, -0.25) is 9.69 Å². The van der Waals surface area contributed by atoms with Crippen LogP contribution < -0.4 is 10.6 Å². The van der Waals surface area contributed by atoms with E-state index in [1.807, 2.05) is 0 Å². The molecule has 3 N–H and O–H groups in total. The van der Waals surface area contributed by atoms with E-state index in [-0.39, 0.29) is 11.5 Å². The lowest BCUT2D eigenvalue weighted by molar-refractivity contribution is -0.117. The maximum Gasteiger partial charge on any atom is 0.335 e. The van der Waals surface area contributed by atoms with Crippen molar-refractivity contribution >= 4 is 17.6 Å². The Bertz CT molecular complexity index is 482. The van der Waals surface area contributed by atoms with Crippen molar-refractivity contribution in [2.45, 2.75) is 6.42 Å². The van der Waals surface area contributed by atoms with Gasteiger partial charge in [0.05, 0.1) is 12.1 Å². The van der Waals surface area contributed by atoms with Gasteiger partial charge in [0.1, 0.15) is 0 Å². The summed E-state index contributed by atoms with van der Waals surface area (Å²) in [6, 6.07) is 6.27. The van der Waals surface area contributed by atoms with E-state index in [4.69, 9.17) is 5.11 Å². The number of nitrogens with one attached hydrogen (secondary N) is 2. The van der Waals surface area contributed by atoms with Crippen LogP contribution >= 0.6 is 0 Å². The van der Waals surface area contributed by atoms with E-state index < -0.39 is 5.97 Å². The van der Waals surface area contributed by atoms with E-state index in [1.54, 1.807) is 12.1 Å². The third-order valence-electron chi connectivity index (χ3n) is 3.19. The van der Waals surface area contributed by atoms with Crippen LogP contribution in [0.3, 0.4) is 0 Å². The third-order valence-corrected chi connectivity index (χ3v) is 3.19. The smallest absolute Gasteiger partial charge is 0.335 e. The molecule has 0 spiro atoms. The molecule has 1 heterocycles. The summed E-state index contributed by atoms with van der Waals surface area (Å²) >= 11 is 0. The average molecular weight is 277 g/mol. The molecule has 0 unspecified atom stereocenters. The summed E-state index contributed by atoms with van der Waals surface area (Å²) in [6.07, 6.45) is 1.03. The second kappa shape index (κ2) is 7.02. The van der Waals surface area contributed by atoms with Crippen LogP contribution in [-0.4, -0.2) is 54.6 Å². The zero-order valence-electron chi connectivity index (χ0n) is 11.3. The van der Waals surface area contributed by atoms with Crippen LogP contribution in [0.4, 0.5) is 5.69 Å². The minimum atomic E-state index is -1.00. The SMILES string of the molecule is O=C(CN1CCCNCC1)Nc1cccc(C(=O)O)c1. The van der Waals surface area contributed by atoms with Gasteiger partial charge in [-0.25, -0.2) is 4.79 Å². The molecule has 0 aliphatic carbocycles. The standard InChI is InChI=1S/C14H19N3O3/c18-13(10-17-7-2-5-15-6-8-17)16-12-4-1-3-11(9-12)14(19)20/h1,3-4,9,15H,2,5-8,10H2,(H,16,18)(H,19,20). The van der Waals surface area contributed by atoms with Gasteiger partial charge in [-0.15, -0.1) is 0 Å². The summed E-state index contributed by atoms with van der Waals surface area (Å²) in [5.74, 6) is -1.12.